The van der Waals surface area contributed by atoms with Gasteiger partial charge in [0.15, 0.2) is 26.3 Å². The summed E-state index contributed by atoms with van der Waals surface area (Å²) in [7, 11) is -4.00. The summed E-state index contributed by atoms with van der Waals surface area (Å²) >= 11 is 0. The van der Waals surface area contributed by atoms with E-state index in [1.807, 2.05) is 13.0 Å². The van der Waals surface area contributed by atoms with E-state index in [0.29, 0.717) is 18.7 Å². The van der Waals surface area contributed by atoms with Crippen LogP contribution in [0.15, 0.2) is 58.5 Å². The van der Waals surface area contributed by atoms with Crippen LogP contribution >= 0.6 is 0 Å². The number of fused-ring (bicyclic) bond motifs is 1. The molecule has 2 saturated heterocycles. The monoisotopic (exact) mass is 693 g/mol. The highest BCUT2D eigenvalue weighted by atomic mass is 32.2. The lowest BCUT2D eigenvalue weighted by Gasteiger charge is -2.40. The molecule has 0 unspecified atom stereocenters. The number of rotatable bonds is 7. The quantitative estimate of drug-likeness (QED) is 0.286. The fraction of sp³-hybridized carbons (Fsp3) is 0.382. The Labute approximate surface area is 282 Å². The molecule has 15 heteroatoms. The number of carbonyl (C=O) groups excluding carboxylic acids is 1. The van der Waals surface area contributed by atoms with Gasteiger partial charge >= 0.3 is 5.69 Å². The number of aryl methyl sites for hydroxylation is 1. The zero-order chi connectivity index (χ0) is 35.0. The van der Waals surface area contributed by atoms with Crippen LogP contribution in [0, 0.1) is 18.6 Å². The highest BCUT2D eigenvalue weighted by Crippen LogP contribution is 2.36. The zero-order valence-corrected chi connectivity index (χ0v) is 28.3. The van der Waals surface area contributed by atoms with Crippen molar-refractivity contribution in [1.82, 2.24) is 29.3 Å². The molecule has 1 amide bonds. The third kappa shape index (κ3) is 6.77. The van der Waals surface area contributed by atoms with Gasteiger partial charge in [0.25, 0.3) is 0 Å². The second-order valence-corrected chi connectivity index (χ2v) is 14.5. The van der Waals surface area contributed by atoms with Crippen molar-refractivity contribution in [1.29, 1.82) is 0 Å². The molecule has 1 atom stereocenters. The van der Waals surface area contributed by atoms with E-state index in [0.717, 1.165) is 48.9 Å². The molecule has 0 bridgehead atoms. The SMILES string of the molecule is Cc1ccnc(S(C)(=O)=O)c1-n1c(=O)nc(N2CCN(C(=O)/C=C/CN3CCCCC3)C[C@@H]2C)c2cc(F)c(-c3c(O)cccc3F)nc21. The number of nitrogens with zero attached hydrogens (tertiary/aromatic N) is 7. The number of benzene rings is 1. The van der Waals surface area contributed by atoms with Crippen LogP contribution in [0.2, 0.25) is 0 Å². The normalized spacial score (nSPS) is 17.7. The zero-order valence-electron chi connectivity index (χ0n) is 27.4. The summed E-state index contributed by atoms with van der Waals surface area (Å²) in [6.07, 6.45) is 9.22. The second kappa shape index (κ2) is 13.6. The predicted molar refractivity (Wildman–Crippen MR) is 181 cm³/mol. The van der Waals surface area contributed by atoms with Gasteiger partial charge in [-0.15, -0.1) is 0 Å². The Morgan fingerprint density at radius 3 is 2.51 bits per heavy atom. The minimum Gasteiger partial charge on any atom is -0.507 e. The minimum atomic E-state index is -4.00. The van der Waals surface area contributed by atoms with Crippen molar-refractivity contribution < 1.29 is 27.1 Å². The van der Waals surface area contributed by atoms with E-state index in [-0.39, 0.29) is 47.6 Å². The lowest BCUT2D eigenvalue weighted by Crippen LogP contribution is -2.54. The number of hydrogen-bond acceptors (Lipinski definition) is 10. The van der Waals surface area contributed by atoms with E-state index in [2.05, 4.69) is 19.9 Å². The van der Waals surface area contributed by atoms with Crippen LogP contribution in [0.3, 0.4) is 0 Å². The highest BCUT2D eigenvalue weighted by Gasteiger charge is 2.32. The van der Waals surface area contributed by atoms with Gasteiger partial charge < -0.3 is 14.9 Å². The first kappa shape index (κ1) is 34.1. The summed E-state index contributed by atoms with van der Waals surface area (Å²) in [5, 5.41) is 10.1. The number of aromatic nitrogens is 4. The van der Waals surface area contributed by atoms with Crippen LogP contribution in [-0.2, 0) is 14.6 Å². The van der Waals surface area contributed by atoms with Gasteiger partial charge in [0, 0.05) is 50.7 Å². The molecule has 0 aliphatic carbocycles. The summed E-state index contributed by atoms with van der Waals surface area (Å²) in [5.74, 6) is -2.62. The van der Waals surface area contributed by atoms with E-state index < -0.39 is 49.2 Å². The van der Waals surface area contributed by atoms with E-state index in [4.69, 9.17) is 0 Å². The molecule has 1 N–H and O–H groups in total. The number of halogens is 2. The number of phenolic OH excluding ortho intramolecular Hbond substituents is 1. The number of sulfone groups is 1. The highest BCUT2D eigenvalue weighted by molar-refractivity contribution is 7.90. The number of likely N-dealkylation sites (tertiary alicyclic amines) is 1. The van der Waals surface area contributed by atoms with Crippen LogP contribution in [0.5, 0.6) is 5.75 Å². The van der Waals surface area contributed by atoms with Crippen LogP contribution < -0.4 is 10.6 Å². The van der Waals surface area contributed by atoms with Crippen LogP contribution in [-0.4, -0.2) is 100 Å². The summed E-state index contributed by atoms with van der Waals surface area (Å²) in [6, 6.07) is 5.63. The molecule has 3 aromatic heterocycles. The van der Waals surface area contributed by atoms with Gasteiger partial charge in [0.1, 0.15) is 23.1 Å². The third-order valence-corrected chi connectivity index (χ3v) is 9.98. The van der Waals surface area contributed by atoms with Crippen LogP contribution in [0.4, 0.5) is 14.6 Å². The Hall–Kier alpha value is -4.76. The molecule has 0 spiro atoms. The maximum absolute atomic E-state index is 16.0. The van der Waals surface area contributed by atoms with Crippen molar-refractivity contribution in [3.8, 4) is 22.7 Å². The van der Waals surface area contributed by atoms with Gasteiger partial charge in [0.05, 0.1) is 16.6 Å². The molecule has 12 nitrogen and oxygen atoms in total. The maximum atomic E-state index is 16.0. The minimum absolute atomic E-state index is 0.0347. The average Bonchev–Trinajstić information content (AvgIpc) is 3.05. The molecule has 4 aromatic rings. The largest absolute Gasteiger partial charge is 0.507 e. The standard InChI is InChI=1S/C34H37F2N7O5S/c1-21-12-13-37-33(49(3,47)48)30(21)43-32-23(19-25(36)29(38-32)28-24(35)9-7-10-26(28)44)31(39-34(43)46)42-18-17-41(20-22(42)2)27(45)11-8-16-40-14-5-4-6-15-40/h7-13,19,22,44H,4-6,14-18,20H2,1-3H3/b11-8+/t22-/m0/s1. The number of piperidine rings is 1. The first-order chi connectivity index (χ1) is 23.3. The van der Waals surface area contributed by atoms with Gasteiger partial charge in [-0.3, -0.25) is 9.69 Å². The Morgan fingerprint density at radius 1 is 1.06 bits per heavy atom. The summed E-state index contributed by atoms with van der Waals surface area (Å²) < 4.78 is 57.6. The molecule has 258 valence electrons. The summed E-state index contributed by atoms with van der Waals surface area (Å²) in [5.41, 5.74) is -2.07. The van der Waals surface area contributed by atoms with Crippen molar-refractivity contribution in [3.05, 3.63) is 76.4 Å². The van der Waals surface area contributed by atoms with Gasteiger partial charge in [-0.1, -0.05) is 18.6 Å². The van der Waals surface area contributed by atoms with Gasteiger partial charge in [-0.05, 0) is 69.6 Å². The fourth-order valence-corrected chi connectivity index (χ4v) is 7.40. The third-order valence-electron chi connectivity index (χ3n) is 8.98. The summed E-state index contributed by atoms with van der Waals surface area (Å²) in [6.45, 7) is 6.98. The van der Waals surface area contributed by atoms with Crippen LogP contribution in [0.1, 0.15) is 31.7 Å². The molecule has 0 radical (unpaired) electrons. The van der Waals surface area contributed by atoms with E-state index >= 15 is 8.78 Å². The van der Waals surface area contributed by atoms with Crippen molar-refractivity contribution in [2.24, 2.45) is 0 Å². The fourth-order valence-electron chi connectivity index (χ4n) is 6.54. The number of carbonyl (C=O) groups is 1. The Kier molecular flexibility index (Phi) is 9.49. The first-order valence-corrected chi connectivity index (χ1v) is 18.0. The van der Waals surface area contributed by atoms with E-state index in [9.17, 15) is 23.1 Å². The van der Waals surface area contributed by atoms with Gasteiger partial charge in [-0.2, -0.15) is 4.98 Å². The van der Waals surface area contributed by atoms with Gasteiger partial charge in [0.2, 0.25) is 5.91 Å². The number of anilines is 1. The van der Waals surface area contributed by atoms with Crippen molar-refractivity contribution in [2.45, 2.75) is 44.2 Å². The average molecular weight is 694 g/mol. The molecule has 2 aliphatic rings. The predicted octanol–water partition coefficient (Wildman–Crippen LogP) is 3.62. The number of amides is 1. The second-order valence-electron chi connectivity index (χ2n) is 12.5. The smallest absolute Gasteiger partial charge is 0.355 e. The Balaban J connectivity index is 1.45. The topological polar surface area (TPSA) is 142 Å². The number of phenols is 1. The first-order valence-electron chi connectivity index (χ1n) is 16.1. The molecule has 2 aliphatic heterocycles. The molecule has 0 saturated carbocycles. The lowest BCUT2D eigenvalue weighted by molar-refractivity contribution is -0.126. The number of piperazine rings is 1. The number of aromatic hydroxyl groups is 1. The summed E-state index contributed by atoms with van der Waals surface area (Å²) in [4.78, 5) is 45.6. The van der Waals surface area contributed by atoms with Gasteiger partial charge in [-0.25, -0.2) is 36.5 Å². The Morgan fingerprint density at radius 2 is 1.82 bits per heavy atom. The van der Waals surface area contributed by atoms with E-state index in [1.54, 1.807) is 22.8 Å². The van der Waals surface area contributed by atoms with Crippen molar-refractivity contribution in [3.63, 3.8) is 0 Å². The maximum Gasteiger partial charge on any atom is 0.355 e. The lowest BCUT2D eigenvalue weighted by atomic mass is 10.1. The number of hydrogen-bond donors (Lipinski definition) is 1. The van der Waals surface area contributed by atoms with Crippen molar-refractivity contribution >= 4 is 32.6 Å². The molecule has 1 aromatic carbocycles. The Bertz CT molecular complexity index is 2110. The molecular weight excluding hydrogens is 656 g/mol. The molecule has 6 rings (SSSR count). The molecular formula is C34H37F2N7O5S. The number of pyridine rings is 2. The molecule has 49 heavy (non-hydrogen) atoms. The van der Waals surface area contributed by atoms with E-state index in [1.165, 1.54) is 30.8 Å². The van der Waals surface area contributed by atoms with Crippen LogP contribution in [0.25, 0.3) is 28.0 Å². The molecule has 5 heterocycles. The van der Waals surface area contributed by atoms with Crippen molar-refractivity contribution in [2.75, 3.05) is 50.4 Å². The molecule has 2 fully saturated rings.